The number of ether oxygens (including phenoxy) is 2. The number of carbonyl (C=O) groups excluding carboxylic acids is 2. The molecular weight excluding hydrogens is 544 g/mol. The highest BCUT2D eigenvalue weighted by atomic mass is 32.1. The van der Waals surface area contributed by atoms with Gasteiger partial charge in [0.05, 0.1) is 31.1 Å². The molecule has 10 heteroatoms. The first-order chi connectivity index (χ1) is 18.6. The van der Waals surface area contributed by atoms with Crippen molar-refractivity contribution in [1.82, 2.24) is 20.2 Å². The second-order valence-corrected chi connectivity index (χ2v) is 9.57. The summed E-state index contributed by atoms with van der Waals surface area (Å²) in [7, 11) is 1.31. The number of hydrogen-bond donors (Lipinski definition) is 2. The van der Waals surface area contributed by atoms with Crippen molar-refractivity contribution >= 4 is 39.0 Å². The zero-order valence-electron chi connectivity index (χ0n) is 22.5. The third kappa shape index (κ3) is 7.42. The standard InChI is InChI=1S/C30H32N4O4.2H2S/c1-37-30(36)32-24-10-5-6-19-38-20-25-27(33-28(31-25)26-11-7-18-34(26)29(24)35)23-16-14-22(15-17-23)13-12-21-8-3-2-4-9-21;;/h2-4,8-9,14-17,24,26H,5-7,10-11,18-20H2,1H3,(H,31,33)(H,32,36);2*1H2/t24-,26-;;/m0../s1. The van der Waals surface area contributed by atoms with Crippen molar-refractivity contribution < 1.29 is 19.1 Å². The molecule has 2 aliphatic rings. The lowest BCUT2D eigenvalue weighted by Crippen LogP contribution is -2.48. The Morgan fingerprint density at radius 1 is 1.02 bits per heavy atom. The Hall–Kier alpha value is -3.39. The minimum absolute atomic E-state index is 0. The molecule has 0 spiro atoms. The number of aromatic amines is 1. The molecule has 2 aliphatic heterocycles. The van der Waals surface area contributed by atoms with Gasteiger partial charge in [0.2, 0.25) is 5.91 Å². The van der Waals surface area contributed by atoms with Crippen molar-refractivity contribution in [2.24, 2.45) is 0 Å². The van der Waals surface area contributed by atoms with Gasteiger partial charge in [-0.2, -0.15) is 27.0 Å². The van der Waals surface area contributed by atoms with Gasteiger partial charge in [0.1, 0.15) is 11.9 Å². The Kier molecular flexibility index (Phi) is 11.6. The molecule has 2 N–H and O–H groups in total. The van der Waals surface area contributed by atoms with Gasteiger partial charge in [-0.25, -0.2) is 9.78 Å². The van der Waals surface area contributed by atoms with E-state index in [1.165, 1.54) is 7.11 Å². The second-order valence-electron chi connectivity index (χ2n) is 9.57. The largest absolute Gasteiger partial charge is 0.453 e. The van der Waals surface area contributed by atoms with E-state index >= 15 is 0 Å². The predicted octanol–water partition coefficient (Wildman–Crippen LogP) is 4.79. The van der Waals surface area contributed by atoms with Crippen LogP contribution < -0.4 is 5.32 Å². The first kappa shape index (κ1) is 31.1. The summed E-state index contributed by atoms with van der Waals surface area (Å²) < 4.78 is 10.8. The smallest absolute Gasteiger partial charge is 0.407 e. The van der Waals surface area contributed by atoms with E-state index in [0.29, 0.717) is 26.2 Å². The maximum absolute atomic E-state index is 13.5. The highest BCUT2D eigenvalue weighted by Gasteiger charge is 2.36. The molecule has 3 heterocycles. The van der Waals surface area contributed by atoms with Gasteiger partial charge in [-0.3, -0.25) is 4.79 Å². The number of nitrogens with zero attached hydrogens (tertiary/aromatic N) is 2. The van der Waals surface area contributed by atoms with Crippen LogP contribution in [-0.2, 0) is 20.9 Å². The Morgan fingerprint density at radius 3 is 2.48 bits per heavy atom. The van der Waals surface area contributed by atoms with Gasteiger partial charge in [-0.1, -0.05) is 42.2 Å². The molecule has 1 saturated heterocycles. The van der Waals surface area contributed by atoms with Crippen LogP contribution in [0.15, 0.2) is 54.6 Å². The summed E-state index contributed by atoms with van der Waals surface area (Å²) in [6, 6.07) is 17.1. The minimum Gasteiger partial charge on any atom is -0.453 e. The average molecular weight is 581 g/mol. The highest BCUT2D eigenvalue weighted by Crippen LogP contribution is 2.34. The average Bonchev–Trinajstić information content (AvgIpc) is 3.60. The Morgan fingerprint density at radius 2 is 1.75 bits per heavy atom. The fourth-order valence-corrected chi connectivity index (χ4v) is 5.01. The molecule has 1 fully saturated rings. The van der Waals surface area contributed by atoms with Crippen LogP contribution in [0.2, 0.25) is 0 Å². The molecule has 40 heavy (non-hydrogen) atoms. The highest BCUT2D eigenvalue weighted by molar-refractivity contribution is 7.59. The van der Waals surface area contributed by atoms with Crippen LogP contribution >= 0.6 is 27.0 Å². The van der Waals surface area contributed by atoms with E-state index in [-0.39, 0.29) is 38.9 Å². The molecule has 2 amide bonds. The summed E-state index contributed by atoms with van der Waals surface area (Å²) in [6.07, 6.45) is 3.15. The predicted molar refractivity (Wildman–Crippen MR) is 164 cm³/mol. The zero-order chi connectivity index (χ0) is 26.3. The molecule has 1 aromatic heterocycles. The lowest BCUT2D eigenvalue weighted by molar-refractivity contribution is -0.134. The lowest BCUT2D eigenvalue weighted by atomic mass is 10.1. The molecule has 0 aliphatic carbocycles. The fourth-order valence-electron chi connectivity index (χ4n) is 5.01. The van der Waals surface area contributed by atoms with Crippen LogP contribution in [0.5, 0.6) is 0 Å². The van der Waals surface area contributed by atoms with Crippen LogP contribution in [-0.4, -0.2) is 53.2 Å². The van der Waals surface area contributed by atoms with E-state index in [9.17, 15) is 9.59 Å². The number of amides is 2. The topological polar surface area (TPSA) is 96.6 Å². The van der Waals surface area contributed by atoms with Crippen LogP contribution in [0.3, 0.4) is 0 Å². The van der Waals surface area contributed by atoms with Crippen molar-refractivity contribution in [3.05, 3.63) is 77.2 Å². The molecule has 2 aromatic carbocycles. The normalized spacial score (nSPS) is 18.7. The molecule has 0 saturated carbocycles. The van der Waals surface area contributed by atoms with Gasteiger partial charge in [-0.15, -0.1) is 0 Å². The Balaban J connectivity index is 0.00000220. The van der Waals surface area contributed by atoms with E-state index in [1.54, 1.807) is 0 Å². The summed E-state index contributed by atoms with van der Waals surface area (Å²) in [6.45, 7) is 1.58. The quantitative estimate of drug-likeness (QED) is 0.425. The molecule has 212 valence electrons. The first-order valence-corrected chi connectivity index (χ1v) is 13.1. The minimum atomic E-state index is -0.637. The van der Waals surface area contributed by atoms with Gasteiger partial charge in [0, 0.05) is 29.8 Å². The Labute approximate surface area is 249 Å². The SMILES string of the molecule is COC(=O)N[C@H]1CCCCOCc2[nH]c(nc2-c2ccc(C#Cc3ccccc3)cc2)[C@@H]2CCCN2C1=O.S.S. The van der Waals surface area contributed by atoms with E-state index in [2.05, 4.69) is 22.1 Å². The molecule has 2 atom stereocenters. The number of aromatic nitrogens is 2. The molecule has 0 radical (unpaired) electrons. The van der Waals surface area contributed by atoms with Gasteiger partial charge >= 0.3 is 6.09 Å². The molecule has 2 bridgehead atoms. The third-order valence-electron chi connectivity index (χ3n) is 6.99. The maximum atomic E-state index is 13.5. The van der Waals surface area contributed by atoms with E-state index in [0.717, 1.165) is 59.6 Å². The first-order valence-electron chi connectivity index (χ1n) is 13.1. The number of carbonyl (C=O) groups is 2. The number of H-pyrrole nitrogens is 1. The lowest BCUT2D eigenvalue weighted by Gasteiger charge is -2.28. The number of benzene rings is 2. The molecule has 3 aromatic rings. The van der Waals surface area contributed by atoms with Crippen LogP contribution in [0.4, 0.5) is 4.79 Å². The number of alkyl carbamates (subject to hydrolysis) is 1. The van der Waals surface area contributed by atoms with Gasteiger partial charge in [0.25, 0.3) is 0 Å². The summed E-state index contributed by atoms with van der Waals surface area (Å²) in [5.74, 6) is 7.05. The summed E-state index contributed by atoms with van der Waals surface area (Å²) >= 11 is 0. The van der Waals surface area contributed by atoms with Crippen molar-refractivity contribution in [1.29, 1.82) is 0 Å². The number of nitrogens with one attached hydrogen (secondary N) is 2. The van der Waals surface area contributed by atoms with Crippen molar-refractivity contribution in [2.45, 2.75) is 50.8 Å². The molecule has 8 nitrogen and oxygen atoms in total. The number of rotatable bonds is 2. The summed E-state index contributed by atoms with van der Waals surface area (Å²) in [5, 5.41) is 2.73. The summed E-state index contributed by atoms with van der Waals surface area (Å²) in [5.41, 5.74) is 4.57. The van der Waals surface area contributed by atoms with Crippen molar-refractivity contribution in [2.75, 3.05) is 20.3 Å². The molecule has 0 unspecified atom stereocenters. The fraction of sp³-hybridized carbons (Fsp3) is 0.367. The number of methoxy groups -OCH3 is 1. The van der Waals surface area contributed by atoms with Crippen molar-refractivity contribution in [3.8, 4) is 23.1 Å². The van der Waals surface area contributed by atoms with Gasteiger partial charge < -0.3 is 24.7 Å². The Bertz CT molecular complexity index is 1340. The van der Waals surface area contributed by atoms with Crippen LogP contribution in [0.25, 0.3) is 11.3 Å². The van der Waals surface area contributed by atoms with Gasteiger partial charge in [0.15, 0.2) is 0 Å². The number of hydrogen-bond acceptors (Lipinski definition) is 5. The van der Waals surface area contributed by atoms with Crippen LogP contribution in [0, 0.1) is 11.8 Å². The maximum Gasteiger partial charge on any atom is 0.407 e. The summed E-state index contributed by atoms with van der Waals surface area (Å²) in [4.78, 5) is 35.7. The molecule has 5 rings (SSSR count). The second kappa shape index (κ2) is 14.8. The monoisotopic (exact) mass is 580 g/mol. The van der Waals surface area contributed by atoms with E-state index in [1.807, 2.05) is 59.5 Å². The number of imidazole rings is 1. The van der Waals surface area contributed by atoms with Gasteiger partial charge in [-0.05, 0) is 56.4 Å². The zero-order valence-corrected chi connectivity index (χ0v) is 24.5. The van der Waals surface area contributed by atoms with Crippen molar-refractivity contribution in [3.63, 3.8) is 0 Å². The van der Waals surface area contributed by atoms with E-state index < -0.39 is 12.1 Å². The number of fused-ring (bicyclic) bond motifs is 4. The molecular formula is C30H36N4O4S2. The third-order valence-corrected chi connectivity index (χ3v) is 6.99. The van der Waals surface area contributed by atoms with Crippen LogP contribution in [0.1, 0.15) is 60.8 Å². The van der Waals surface area contributed by atoms with E-state index in [4.69, 9.17) is 14.5 Å².